The van der Waals surface area contributed by atoms with Crippen LogP contribution in [0.5, 0.6) is 5.75 Å². The normalized spacial score (nSPS) is 10.8. The quantitative estimate of drug-likeness (QED) is 0.699. The zero-order chi connectivity index (χ0) is 10.8. The number of hydrogen-bond donors (Lipinski definition) is 0. The molecule has 0 bridgehead atoms. The van der Waals surface area contributed by atoms with Gasteiger partial charge in [0.1, 0.15) is 5.75 Å². The molecule has 0 aromatic heterocycles. The molecule has 1 rings (SSSR count). The molecule has 5 heteroatoms. The zero-order valence-corrected chi connectivity index (χ0v) is 7.22. The molecule has 0 saturated heterocycles. The SMILES string of the molecule is Cc1c(C#N)cccc1OC(F)(F)F. The monoisotopic (exact) mass is 201 g/mol. The highest BCUT2D eigenvalue weighted by atomic mass is 19.4. The summed E-state index contributed by atoms with van der Waals surface area (Å²) >= 11 is 0. The van der Waals surface area contributed by atoms with Crippen molar-refractivity contribution in [1.29, 1.82) is 5.26 Å². The van der Waals surface area contributed by atoms with E-state index in [2.05, 4.69) is 4.74 Å². The number of hydrogen-bond acceptors (Lipinski definition) is 2. The van der Waals surface area contributed by atoms with Gasteiger partial charge in [-0.05, 0) is 19.1 Å². The lowest BCUT2D eigenvalue weighted by Crippen LogP contribution is -2.17. The van der Waals surface area contributed by atoms with Crippen LogP contribution < -0.4 is 4.74 Å². The van der Waals surface area contributed by atoms with Gasteiger partial charge in [0.2, 0.25) is 0 Å². The second-order valence-electron chi connectivity index (χ2n) is 2.59. The summed E-state index contributed by atoms with van der Waals surface area (Å²) in [4.78, 5) is 0. The molecule has 2 nitrogen and oxygen atoms in total. The molecule has 1 aromatic carbocycles. The molecular weight excluding hydrogens is 195 g/mol. The lowest BCUT2D eigenvalue weighted by molar-refractivity contribution is -0.274. The zero-order valence-electron chi connectivity index (χ0n) is 7.22. The Balaban J connectivity index is 3.06. The van der Waals surface area contributed by atoms with Crippen molar-refractivity contribution >= 4 is 0 Å². The summed E-state index contributed by atoms with van der Waals surface area (Å²) < 4.78 is 39.3. The van der Waals surface area contributed by atoms with Gasteiger partial charge in [0, 0.05) is 5.56 Å². The number of ether oxygens (including phenoxy) is 1. The maximum Gasteiger partial charge on any atom is 0.573 e. The Morgan fingerprint density at radius 2 is 2.00 bits per heavy atom. The van der Waals surface area contributed by atoms with E-state index in [0.717, 1.165) is 0 Å². The number of benzene rings is 1. The van der Waals surface area contributed by atoms with Crippen molar-refractivity contribution in [2.24, 2.45) is 0 Å². The first-order chi connectivity index (χ1) is 6.44. The molecule has 0 amide bonds. The highest BCUT2D eigenvalue weighted by molar-refractivity contribution is 5.45. The minimum absolute atomic E-state index is 0.173. The molecule has 0 aliphatic heterocycles. The Hall–Kier alpha value is -1.70. The van der Waals surface area contributed by atoms with Crippen LogP contribution in [-0.2, 0) is 0 Å². The van der Waals surface area contributed by atoms with Gasteiger partial charge < -0.3 is 4.74 Å². The number of halogens is 3. The minimum Gasteiger partial charge on any atom is -0.405 e. The van der Waals surface area contributed by atoms with Crippen molar-refractivity contribution in [1.82, 2.24) is 0 Å². The van der Waals surface area contributed by atoms with Gasteiger partial charge in [-0.15, -0.1) is 13.2 Å². The van der Waals surface area contributed by atoms with Crippen LogP contribution in [0.3, 0.4) is 0 Å². The van der Waals surface area contributed by atoms with E-state index < -0.39 is 6.36 Å². The number of rotatable bonds is 1. The molecule has 0 aliphatic rings. The molecule has 74 valence electrons. The molecule has 0 radical (unpaired) electrons. The Morgan fingerprint density at radius 3 is 2.50 bits per heavy atom. The summed E-state index contributed by atoms with van der Waals surface area (Å²) in [6, 6.07) is 5.71. The molecule has 0 N–H and O–H groups in total. The summed E-state index contributed by atoms with van der Waals surface area (Å²) in [5.41, 5.74) is 0.360. The van der Waals surface area contributed by atoms with Crippen molar-refractivity contribution in [3.05, 3.63) is 29.3 Å². The fourth-order valence-electron chi connectivity index (χ4n) is 0.971. The predicted octanol–water partition coefficient (Wildman–Crippen LogP) is 2.77. The predicted molar refractivity (Wildman–Crippen MR) is 42.6 cm³/mol. The third-order valence-corrected chi connectivity index (χ3v) is 1.63. The van der Waals surface area contributed by atoms with Crippen molar-refractivity contribution < 1.29 is 17.9 Å². The summed E-state index contributed by atoms with van der Waals surface area (Å²) in [7, 11) is 0. The van der Waals surface area contributed by atoms with Gasteiger partial charge in [-0.3, -0.25) is 0 Å². The van der Waals surface area contributed by atoms with Crippen LogP contribution in [0.4, 0.5) is 13.2 Å². The Bertz CT molecular complexity index is 379. The fraction of sp³-hybridized carbons (Fsp3) is 0.222. The topological polar surface area (TPSA) is 33.0 Å². The molecule has 0 heterocycles. The largest absolute Gasteiger partial charge is 0.573 e. The van der Waals surface area contributed by atoms with Crippen LogP contribution in [0.2, 0.25) is 0 Å². The first kappa shape index (κ1) is 10.4. The average Bonchev–Trinajstić information content (AvgIpc) is 2.06. The van der Waals surface area contributed by atoms with Crippen molar-refractivity contribution in [3.8, 4) is 11.8 Å². The lowest BCUT2D eigenvalue weighted by Gasteiger charge is -2.11. The van der Waals surface area contributed by atoms with E-state index in [1.807, 2.05) is 0 Å². The van der Waals surface area contributed by atoms with E-state index in [1.165, 1.54) is 25.1 Å². The summed E-state index contributed by atoms with van der Waals surface area (Å²) in [6.07, 6.45) is -4.72. The van der Waals surface area contributed by atoms with E-state index in [0.29, 0.717) is 0 Å². The van der Waals surface area contributed by atoms with Crippen molar-refractivity contribution in [3.63, 3.8) is 0 Å². The summed E-state index contributed by atoms with van der Waals surface area (Å²) in [5.74, 6) is -0.337. The third kappa shape index (κ3) is 2.39. The molecule has 14 heavy (non-hydrogen) atoms. The first-order valence-corrected chi connectivity index (χ1v) is 3.69. The highest BCUT2D eigenvalue weighted by Crippen LogP contribution is 2.27. The van der Waals surface area contributed by atoms with Gasteiger partial charge in [-0.2, -0.15) is 5.26 Å². The molecule has 0 unspecified atom stereocenters. The summed E-state index contributed by atoms with van der Waals surface area (Å²) in [6.45, 7) is 1.40. The van der Waals surface area contributed by atoms with E-state index in [9.17, 15) is 13.2 Å². The second-order valence-corrected chi connectivity index (χ2v) is 2.59. The molecule has 0 atom stereocenters. The smallest absolute Gasteiger partial charge is 0.405 e. The molecule has 0 saturated carbocycles. The van der Waals surface area contributed by atoms with Crippen LogP contribution in [0.25, 0.3) is 0 Å². The van der Waals surface area contributed by atoms with Crippen LogP contribution >= 0.6 is 0 Å². The number of nitrogens with zero attached hydrogens (tertiary/aromatic N) is 1. The maximum absolute atomic E-state index is 11.9. The standard InChI is InChI=1S/C9H6F3NO/c1-6-7(5-13)3-2-4-8(6)14-9(10,11)12/h2-4H,1H3. The van der Waals surface area contributed by atoms with Crippen LogP contribution in [-0.4, -0.2) is 6.36 Å². The molecule has 0 spiro atoms. The molecule has 0 fully saturated rings. The van der Waals surface area contributed by atoms with Crippen LogP contribution in [0.1, 0.15) is 11.1 Å². The highest BCUT2D eigenvalue weighted by Gasteiger charge is 2.31. The van der Waals surface area contributed by atoms with E-state index in [4.69, 9.17) is 5.26 Å². The first-order valence-electron chi connectivity index (χ1n) is 3.69. The fourth-order valence-corrected chi connectivity index (χ4v) is 0.971. The van der Waals surface area contributed by atoms with Gasteiger partial charge in [0.05, 0.1) is 11.6 Å². The Morgan fingerprint density at radius 1 is 1.36 bits per heavy atom. The minimum atomic E-state index is -4.72. The maximum atomic E-state index is 11.9. The van der Waals surface area contributed by atoms with Gasteiger partial charge in [0.25, 0.3) is 0 Å². The lowest BCUT2D eigenvalue weighted by atomic mass is 10.1. The van der Waals surface area contributed by atoms with Gasteiger partial charge in [0.15, 0.2) is 0 Å². The number of alkyl halides is 3. The van der Waals surface area contributed by atoms with Crippen molar-refractivity contribution in [2.75, 3.05) is 0 Å². The number of nitriles is 1. The van der Waals surface area contributed by atoms with Crippen molar-refractivity contribution in [2.45, 2.75) is 13.3 Å². The van der Waals surface area contributed by atoms with E-state index in [-0.39, 0.29) is 16.9 Å². The second kappa shape index (κ2) is 3.58. The molecular formula is C9H6F3NO. The van der Waals surface area contributed by atoms with Gasteiger partial charge in [-0.25, -0.2) is 0 Å². The van der Waals surface area contributed by atoms with Gasteiger partial charge in [-0.1, -0.05) is 6.07 Å². The van der Waals surface area contributed by atoms with Crippen LogP contribution in [0.15, 0.2) is 18.2 Å². The third-order valence-electron chi connectivity index (χ3n) is 1.63. The molecule has 1 aromatic rings. The van der Waals surface area contributed by atoms with Gasteiger partial charge >= 0.3 is 6.36 Å². The average molecular weight is 201 g/mol. The molecule has 0 aliphatic carbocycles. The summed E-state index contributed by atoms with van der Waals surface area (Å²) in [5, 5.41) is 8.55. The van der Waals surface area contributed by atoms with E-state index >= 15 is 0 Å². The van der Waals surface area contributed by atoms with Crippen LogP contribution in [0, 0.1) is 18.3 Å². The Labute approximate surface area is 78.5 Å². The van der Waals surface area contributed by atoms with E-state index in [1.54, 1.807) is 6.07 Å². The Kier molecular flexibility index (Phi) is 2.65.